The molecule has 2 rings (SSSR count). The summed E-state index contributed by atoms with van der Waals surface area (Å²) in [5.41, 5.74) is 4.59. The molecule has 1 unspecified atom stereocenters. The fourth-order valence-corrected chi connectivity index (χ4v) is 3.86. The second kappa shape index (κ2) is 9.04. The predicted octanol–water partition coefficient (Wildman–Crippen LogP) is 4.50. The van der Waals surface area contributed by atoms with Gasteiger partial charge >= 0.3 is 18.9 Å². The van der Waals surface area contributed by atoms with Gasteiger partial charge in [0, 0.05) is 5.56 Å². The molecular weight excluding hydrogens is 322 g/mol. The van der Waals surface area contributed by atoms with Crippen molar-refractivity contribution in [2.75, 3.05) is 6.61 Å². The van der Waals surface area contributed by atoms with Crippen molar-refractivity contribution >= 4 is 38.3 Å². The van der Waals surface area contributed by atoms with Crippen LogP contribution in [0.4, 0.5) is 0 Å². The summed E-state index contributed by atoms with van der Waals surface area (Å²) in [6.45, 7) is 13.3. The first-order valence-corrected chi connectivity index (χ1v) is 9.38. The van der Waals surface area contributed by atoms with E-state index in [1.54, 1.807) is 0 Å². The van der Waals surface area contributed by atoms with Gasteiger partial charge in [0.25, 0.3) is 0 Å². The van der Waals surface area contributed by atoms with Crippen LogP contribution in [0.1, 0.15) is 54.7 Å². The van der Waals surface area contributed by atoms with Crippen LogP contribution in [0.25, 0.3) is 0 Å². The first-order valence-electron chi connectivity index (χ1n) is 8.38. The Balaban J connectivity index is 0.00000312. The van der Waals surface area contributed by atoms with E-state index in [0.717, 1.165) is 27.7 Å². The van der Waals surface area contributed by atoms with Gasteiger partial charge in [-0.1, -0.05) is 45.0 Å². The van der Waals surface area contributed by atoms with Crippen LogP contribution in [0.2, 0.25) is 0 Å². The van der Waals surface area contributed by atoms with E-state index in [4.69, 9.17) is 4.74 Å². The van der Waals surface area contributed by atoms with Gasteiger partial charge in [0.15, 0.2) is 5.52 Å². The summed E-state index contributed by atoms with van der Waals surface area (Å²) in [7, 11) is 0.136. The molecule has 0 saturated carbocycles. The molecule has 0 spiro atoms. The van der Waals surface area contributed by atoms with E-state index in [1.807, 2.05) is 45.0 Å². The fraction of sp³-hybridized carbons (Fsp3) is 0.381. The van der Waals surface area contributed by atoms with Crippen molar-refractivity contribution in [2.45, 2.75) is 47.0 Å². The molecule has 2 nitrogen and oxygen atoms in total. The zero-order valence-electron chi connectivity index (χ0n) is 15.5. The summed E-state index contributed by atoms with van der Waals surface area (Å²) in [4.78, 5) is 12.8. The van der Waals surface area contributed by atoms with Crippen LogP contribution in [-0.2, 0) is 5.41 Å². The van der Waals surface area contributed by atoms with E-state index in [0.29, 0.717) is 6.61 Å². The summed E-state index contributed by atoms with van der Waals surface area (Å²) in [6, 6.07) is 12.1. The zero-order chi connectivity index (χ0) is 17.9. The third-order valence-corrected chi connectivity index (χ3v) is 5.15. The Morgan fingerprint density at radius 3 is 2.00 bits per heavy atom. The van der Waals surface area contributed by atoms with Crippen LogP contribution < -0.4 is 10.0 Å². The summed E-state index contributed by atoms with van der Waals surface area (Å²) < 4.78 is 5.45. The molecular formula is C21H28LiO2P. The van der Waals surface area contributed by atoms with E-state index in [1.165, 1.54) is 5.56 Å². The van der Waals surface area contributed by atoms with Crippen LogP contribution >= 0.6 is 8.58 Å². The summed E-state index contributed by atoms with van der Waals surface area (Å²) in [5.74, 6) is 0.848. The maximum absolute atomic E-state index is 12.8. The number of ether oxygens (including phenoxy) is 1. The number of benzene rings is 2. The van der Waals surface area contributed by atoms with Gasteiger partial charge in [-0.25, -0.2) is 0 Å². The van der Waals surface area contributed by atoms with Crippen molar-refractivity contribution < 1.29 is 9.53 Å². The molecule has 2 aromatic rings. The SMILES string of the molecule is CCOc1ccc(PC(=O)c2c(C)cc(C(C)(C)C)cc2C)cc1.[LiH]. The number of hydrogen-bond acceptors (Lipinski definition) is 2. The third-order valence-electron chi connectivity index (χ3n) is 4.05. The molecule has 0 aliphatic carbocycles. The van der Waals surface area contributed by atoms with E-state index in [-0.39, 0.29) is 38.4 Å². The first-order chi connectivity index (χ1) is 11.2. The Bertz CT molecular complexity index is 708. The third kappa shape index (κ3) is 5.72. The van der Waals surface area contributed by atoms with Gasteiger partial charge in [0.1, 0.15) is 5.75 Å². The molecule has 0 N–H and O–H groups in total. The monoisotopic (exact) mass is 350 g/mol. The number of aryl methyl sites for hydroxylation is 2. The van der Waals surface area contributed by atoms with E-state index < -0.39 is 0 Å². The Hall–Kier alpha value is -1.06. The van der Waals surface area contributed by atoms with Crippen molar-refractivity contribution in [3.63, 3.8) is 0 Å². The Kier molecular flexibility index (Phi) is 7.95. The average molecular weight is 350 g/mol. The van der Waals surface area contributed by atoms with Gasteiger partial charge in [0.05, 0.1) is 6.61 Å². The van der Waals surface area contributed by atoms with Gasteiger partial charge in [-0.3, -0.25) is 4.79 Å². The Morgan fingerprint density at radius 1 is 1.04 bits per heavy atom. The molecule has 0 amide bonds. The number of carbonyl (C=O) groups excluding carboxylic acids is 1. The predicted molar refractivity (Wildman–Crippen MR) is 112 cm³/mol. The summed E-state index contributed by atoms with van der Waals surface area (Å²) in [5, 5.41) is 1.04. The Morgan fingerprint density at radius 2 is 1.56 bits per heavy atom. The van der Waals surface area contributed by atoms with Crippen molar-refractivity contribution in [1.82, 2.24) is 0 Å². The molecule has 4 heteroatoms. The standard InChI is InChI=1S/C21H27O2P.Li.H/c1-7-23-17-8-10-18(11-9-17)24-20(22)19-14(2)12-16(13-15(19)3)21(4,5)6;;/h8-13,24H,7H2,1-6H3;;. The van der Waals surface area contributed by atoms with Crippen molar-refractivity contribution in [2.24, 2.45) is 0 Å². The van der Waals surface area contributed by atoms with Gasteiger partial charge in [-0.2, -0.15) is 0 Å². The first kappa shape index (κ1) is 22.0. The van der Waals surface area contributed by atoms with E-state index in [2.05, 4.69) is 32.9 Å². The maximum atomic E-state index is 12.8. The molecule has 25 heavy (non-hydrogen) atoms. The minimum absolute atomic E-state index is 0. The molecule has 0 radical (unpaired) electrons. The number of hydrogen-bond donors (Lipinski definition) is 0. The van der Waals surface area contributed by atoms with Gasteiger partial charge < -0.3 is 4.74 Å². The minimum atomic E-state index is 0. The molecule has 130 valence electrons. The van der Waals surface area contributed by atoms with Crippen LogP contribution in [0, 0.1) is 13.8 Å². The molecule has 2 aromatic carbocycles. The summed E-state index contributed by atoms with van der Waals surface area (Å²) >= 11 is 0. The van der Waals surface area contributed by atoms with Crippen LogP contribution in [0.5, 0.6) is 5.75 Å². The van der Waals surface area contributed by atoms with Crippen molar-refractivity contribution in [3.8, 4) is 5.75 Å². The van der Waals surface area contributed by atoms with Crippen molar-refractivity contribution in [3.05, 3.63) is 58.7 Å². The van der Waals surface area contributed by atoms with Gasteiger partial charge in [0.2, 0.25) is 0 Å². The quantitative estimate of drug-likeness (QED) is 0.586. The van der Waals surface area contributed by atoms with E-state index >= 15 is 0 Å². The second-order valence-electron chi connectivity index (χ2n) is 7.15. The number of carbonyl (C=O) groups is 1. The summed E-state index contributed by atoms with van der Waals surface area (Å²) in [6.07, 6.45) is 0. The van der Waals surface area contributed by atoms with Gasteiger partial charge in [-0.15, -0.1) is 0 Å². The average Bonchev–Trinajstić information content (AvgIpc) is 2.48. The van der Waals surface area contributed by atoms with Crippen molar-refractivity contribution in [1.29, 1.82) is 0 Å². The zero-order valence-corrected chi connectivity index (χ0v) is 16.5. The molecule has 0 fully saturated rings. The van der Waals surface area contributed by atoms with Crippen LogP contribution in [-0.4, -0.2) is 31.0 Å². The van der Waals surface area contributed by atoms with Crippen LogP contribution in [0.15, 0.2) is 36.4 Å². The van der Waals surface area contributed by atoms with E-state index in [9.17, 15) is 4.79 Å². The molecule has 0 heterocycles. The topological polar surface area (TPSA) is 26.3 Å². The molecule has 0 saturated heterocycles. The number of rotatable bonds is 5. The van der Waals surface area contributed by atoms with Crippen LogP contribution in [0.3, 0.4) is 0 Å². The molecule has 0 aromatic heterocycles. The normalized spacial score (nSPS) is 11.4. The molecule has 0 aliphatic rings. The van der Waals surface area contributed by atoms with Gasteiger partial charge in [-0.05, 0) is 68.9 Å². The fourth-order valence-electron chi connectivity index (χ4n) is 2.75. The second-order valence-corrected chi connectivity index (χ2v) is 8.43. The molecule has 1 atom stereocenters. The molecule has 0 bridgehead atoms. The Labute approximate surface area is 165 Å². The molecule has 0 aliphatic heterocycles.